The zero-order valence-electron chi connectivity index (χ0n) is 16.4. The predicted octanol–water partition coefficient (Wildman–Crippen LogP) is 3.35. The minimum Gasteiger partial charge on any atom is -0.481 e. The highest BCUT2D eigenvalue weighted by Crippen LogP contribution is 2.31. The first-order valence-corrected chi connectivity index (χ1v) is 9.08. The Hall–Kier alpha value is -2.52. The van der Waals surface area contributed by atoms with Gasteiger partial charge in [-0.3, -0.25) is 9.36 Å². The van der Waals surface area contributed by atoms with Gasteiger partial charge in [-0.2, -0.15) is 13.2 Å². The number of halogens is 3. The number of rotatable bonds is 8. The second-order valence-electron chi connectivity index (χ2n) is 6.38. The number of carbonyl (C=O) groups excluding carboxylic acids is 1. The molecular formula is C18H24F3N3O4. The third-order valence-corrected chi connectivity index (χ3v) is 4.27. The molecule has 2 rings (SSSR count). The summed E-state index contributed by atoms with van der Waals surface area (Å²) in [5, 5.41) is -0.156. The predicted molar refractivity (Wildman–Crippen MR) is 96.7 cm³/mol. The molecule has 2 heterocycles. The van der Waals surface area contributed by atoms with Crippen LogP contribution in [-0.2, 0) is 18.3 Å². The van der Waals surface area contributed by atoms with Gasteiger partial charge in [0.05, 0.1) is 6.61 Å². The maximum Gasteiger partial charge on any atom is 0.422 e. The number of nitrogens with zero attached hydrogens (tertiary/aromatic N) is 3. The fraction of sp³-hybridized carbons (Fsp3) is 0.611. The summed E-state index contributed by atoms with van der Waals surface area (Å²) in [4.78, 5) is 29.7. The minimum atomic E-state index is -4.63. The summed E-state index contributed by atoms with van der Waals surface area (Å²) in [6, 6.07) is 0. The van der Waals surface area contributed by atoms with E-state index in [-0.39, 0.29) is 23.3 Å². The fourth-order valence-corrected chi connectivity index (χ4v) is 2.97. The molecule has 0 spiro atoms. The van der Waals surface area contributed by atoms with Crippen molar-refractivity contribution in [1.82, 2.24) is 14.1 Å². The van der Waals surface area contributed by atoms with Gasteiger partial charge in [-0.15, -0.1) is 0 Å². The highest BCUT2D eigenvalue weighted by molar-refractivity contribution is 6.00. The Labute approximate surface area is 160 Å². The van der Waals surface area contributed by atoms with Crippen LogP contribution in [0, 0.1) is 6.92 Å². The standard InChI is InChI=1S/C18H24F3N3O4/c1-5-7-8-9-24-11(3)22-15-12(16(24)25)14(28-10-18(19,20)21)13(23(15)4)17(26)27-6-2/h5-10H2,1-4H3. The molecule has 0 aliphatic carbocycles. The number of aromatic nitrogens is 3. The lowest BCUT2D eigenvalue weighted by atomic mass is 10.2. The summed E-state index contributed by atoms with van der Waals surface area (Å²) >= 11 is 0. The van der Waals surface area contributed by atoms with Crippen LogP contribution in [0.25, 0.3) is 11.0 Å². The Bertz CT molecular complexity index is 916. The molecule has 7 nitrogen and oxygen atoms in total. The SMILES string of the molecule is CCCCCn1c(C)nc2c(c(OCC(F)(F)F)c(C(=O)OCC)n2C)c1=O. The van der Waals surface area contributed by atoms with Gasteiger partial charge in [0.2, 0.25) is 0 Å². The minimum absolute atomic E-state index is 0.0206. The molecule has 0 aliphatic heterocycles. The second kappa shape index (κ2) is 8.66. The molecule has 0 saturated heterocycles. The van der Waals surface area contributed by atoms with E-state index in [0.717, 1.165) is 19.3 Å². The molecule has 2 aromatic heterocycles. The summed E-state index contributed by atoms with van der Waals surface area (Å²) < 4.78 is 50.7. The fourth-order valence-electron chi connectivity index (χ4n) is 2.97. The van der Waals surface area contributed by atoms with Crippen LogP contribution in [0.2, 0.25) is 0 Å². The molecule has 0 saturated carbocycles. The van der Waals surface area contributed by atoms with Crippen molar-refractivity contribution < 1.29 is 27.4 Å². The van der Waals surface area contributed by atoms with E-state index < -0.39 is 30.1 Å². The molecule has 0 amide bonds. The van der Waals surface area contributed by atoms with Crippen molar-refractivity contribution in [2.75, 3.05) is 13.2 Å². The molecule has 156 valence electrons. The van der Waals surface area contributed by atoms with Crippen LogP contribution in [0.3, 0.4) is 0 Å². The average molecular weight is 403 g/mol. The van der Waals surface area contributed by atoms with E-state index >= 15 is 0 Å². The van der Waals surface area contributed by atoms with Gasteiger partial charge in [0, 0.05) is 13.6 Å². The van der Waals surface area contributed by atoms with Crippen LogP contribution in [0.4, 0.5) is 13.2 Å². The third-order valence-electron chi connectivity index (χ3n) is 4.27. The Morgan fingerprint density at radius 2 is 1.89 bits per heavy atom. The monoisotopic (exact) mass is 403 g/mol. The van der Waals surface area contributed by atoms with Crippen LogP contribution in [0.1, 0.15) is 49.4 Å². The van der Waals surface area contributed by atoms with Gasteiger partial charge in [0.25, 0.3) is 5.56 Å². The van der Waals surface area contributed by atoms with Crippen LogP contribution >= 0.6 is 0 Å². The summed E-state index contributed by atoms with van der Waals surface area (Å²) in [5.41, 5.74) is -0.729. The van der Waals surface area contributed by atoms with E-state index in [4.69, 9.17) is 9.47 Å². The number of alkyl halides is 3. The molecule has 0 atom stereocenters. The summed E-state index contributed by atoms with van der Waals surface area (Å²) in [5.74, 6) is -0.920. The first kappa shape index (κ1) is 21.8. The summed E-state index contributed by atoms with van der Waals surface area (Å²) in [6.45, 7) is 3.99. The van der Waals surface area contributed by atoms with Crippen molar-refractivity contribution >= 4 is 17.0 Å². The largest absolute Gasteiger partial charge is 0.481 e. The van der Waals surface area contributed by atoms with Crippen LogP contribution in [0.5, 0.6) is 5.75 Å². The van der Waals surface area contributed by atoms with Crippen LogP contribution in [0.15, 0.2) is 4.79 Å². The van der Waals surface area contributed by atoms with Crippen molar-refractivity contribution in [2.24, 2.45) is 7.05 Å². The zero-order valence-corrected chi connectivity index (χ0v) is 16.4. The normalized spacial score (nSPS) is 11.8. The number of carbonyl (C=O) groups is 1. The number of fused-ring (bicyclic) bond motifs is 1. The molecule has 0 bridgehead atoms. The zero-order chi connectivity index (χ0) is 21.1. The number of ether oxygens (including phenoxy) is 2. The van der Waals surface area contributed by atoms with Crippen LogP contribution < -0.4 is 10.3 Å². The molecule has 28 heavy (non-hydrogen) atoms. The van der Waals surface area contributed by atoms with Crippen molar-refractivity contribution in [3.8, 4) is 5.75 Å². The molecule has 0 unspecified atom stereocenters. The van der Waals surface area contributed by atoms with Gasteiger partial charge in [-0.05, 0) is 20.3 Å². The lowest BCUT2D eigenvalue weighted by molar-refractivity contribution is -0.153. The Balaban J connectivity index is 2.70. The van der Waals surface area contributed by atoms with Gasteiger partial charge in [-0.25, -0.2) is 9.78 Å². The Morgan fingerprint density at radius 1 is 1.21 bits per heavy atom. The van der Waals surface area contributed by atoms with E-state index in [1.807, 2.05) is 6.92 Å². The number of hydrogen-bond donors (Lipinski definition) is 0. The molecule has 0 N–H and O–H groups in total. The van der Waals surface area contributed by atoms with Gasteiger partial charge >= 0.3 is 12.1 Å². The number of unbranched alkanes of at least 4 members (excludes halogenated alkanes) is 2. The topological polar surface area (TPSA) is 75.4 Å². The first-order valence-electron chi connectivity index (χ1n) is 9.08. The quantitative estimate of drug-likeness (QED) is 0.499. The Morgan fingerprint density at radius 3 is 2.46 bits per heavy atom. The number of aryl methyl sites for hydroxylation is 2. The molecule has 0 radical (unpaired) electrons. The molecule has 0 aromatic carbocycles. The van der Waals surface area contributed by atoms with E-state index in [0.29, 0.717) is 12.4 Å². The molecule has 0 aliphatic rings. The van der Waals surface area contributed by atoms with Crippen molar-refractivity contribution in [3.05, 3.63) is 21.9 Å². The van der Waals surface area contributed by atoms with Crippen molar-refractivity contribution in [2.45, 2.75) is 52.8 Å². The average Bonchev–Trinajstić information content (AvgIpc) is 2.88. The smallest absolute Gasteiger partial charge is 0.422 e. The molecular weight excluding hydrogens is 379 g/mol. The number of hydrogen-bond acceptors (Lipinski definition) is 5. The number of esters is 1. The van der Waals surface area contributed by atoms with Gasteiger partial charge in [0.1, 0.15) is 11.2 Å². The van der Waals surface area contributed by atoms with Crippen molar-refractivity contribution in [1.29, 1.82) is 0 Å². The van der Waals surface area contributed by atoms with Gasteiger partial charge in [-0.1, -0.05) is 19.8 Å². The molecule has 2 aromatic rings. The first-order chi connectivity index (χ1) is 13.1. The van der Waals surface area contributed by atoms with Crippen LogP contribution in [-0.4, -0.2) is 39.5 Å². The Kier molecular flexibility index (Phi) is 6.73. The molecule has 10 heteroatoms. The van der Waals surface area contributed by atoms with E-state index in [9.17, 15) is 22.8 Å². The highest BCUT2D eigenvalue weighted by Gasteiger charge is 2.33. The maximum absolute atomic E-state index is 13.0. The van der Waals surface area contributed by atoms with Gasteiger partial charge < -0.3 is 14.0 Å². The van der Waals surface area contributed by atoms with E-state index in [1.54, 1.807) is 13.8 Å². The lowest BCUT2D eigenvalue weighted by Gasteiger charge is -2.11. The highest BCUT2D eigenvalue weighted by atomic mass is 19.4. The second-order valence-corrected chi connectivity index (χ2v) is 6.38. The van der Waals surface area contributed by atoms with Crippen molar-refractivity contribution in [3.63, 3.8) is 0 Å². The molecule has 0 fully saturated rings. The van der Waals surface area contributed by atoms with E-state index in [1.165, 1.54) is 16.2 Å². The third kappa shape index (κ3) is 4.48. The summed E-state index contributed by atoms with van der Waals surface area (Å²) in [6.07, 6.45) is -2.07. The lowest BCUT2D eigenvalue weighted by Crippen LogP contribution is -2.25. The van der Waals surface area contributed by atoms with E-state index in [2.05, 4.69) is 4.98 Å². The maximum atomic E-state index is 13.0. The van der Waals surface area contributed by atoms with Gasteiger partial charge in [0.15, 0.2) is 23.7 Å². The summed E-state index contributed by atoms with van der Waals surface area (Å²) in [7, 11) is 1.43.